The van der Waals surface area contributed by atoms with Gasteiger partial charge in [0.2, 0.25) is 0 Å². The Morgan fingerprint density at radius 1 is 1.47 bits per heavy atom. The lowest BCUT2D eigenvalue weighted by Crippen LogP contribution is -2.03. The quantitative estimate of drug-likeness (QED) is 0.799. The second-order valence-electron chi connectivity index (χ2n) is 3.45. The van der Waals surface area contributed by atoms with E-state index in [0.29, 0.717) is 17.7 Å². The molecule has 2 rings (SSSR count). The molecule has 0 radical (unpaired) electrons. The molecule has 0 saturated carbocycles. The zero-order valence-corrected chi connectivity index (χ0v) is 8.99. The fourth-order valence-electron chi connectivity index (χ4n) is 1.42. The fourth-order valence-corrected chi connectivity index (χ4v) is 1.42. The largest absolute Gasteiger partial charge is 0.476 e. The molecule has 0 aliphatic carbocycles. The fraction of sp³-hybridized carbons (Fsp3) is 0.0909. The smallest absolute Gasteiger partial charge is 0.356 e. The van der Waals surface area contributed by atoms with Gasteiger partial charge in [-0.1, -0.05) is 6.07 Å². The summed E-state index contributed by atoms with van der Waals surface area (Å²) >= 11 is 0. The highest BCUT2D eigenvalue weighted by Crippen LogP contribution is 2.10. The van der Waals surface area contributed by atoms with Crippen LogP contribution >= 0.6 is 0 Å². The van der Waals surface area contributed by atoms with Gasteiger partial charge in [-0.2, -0.15) is 5.10 Å². The SMILES string of the molecule is Cc1cn(-c2cccc(C=O)n2)nc1C(=O)O. The van der Waals surface area contributed by atoms with E-state index in [2.05, 4.69) is 10.1 Å². The molecule has 6 nitrogen and oxygen atoms in total. The van der Waals surface area contributed by atoms with E-state index in [9.17, 15) is 9.59 Å². The van der Waals surface area contributed by atoms with Crippen molar-refractivity contribution < 1.29 is 14.7 Å². The van der Waals surface area contributed by atoms with Gasteiger partial charge in [0.25, 0.3) is 0 Å². The highest BCUT2D eigenvalue weighted by atomic mass is 16.4. The summed E-state index contributed by atoms with van der Waals surface area (Å²) in [5.41, 5.74) is 0.784. The highest BCUT2D eigenvalue weighted by Gasteiger charge is 2.13. The number of hydrogen-bond donors (Lipinski definition) is 1. The Bertz CT molecular complexity index is 589. The van der Waals surface area contributed by atoms with Gasteiger partial charge >= 0.3 is 5.97 Å². The lowest BCUT2D eigenvalue weighted by molar-refractivity contribution is 0.0689. The second-order valence-corrected chi connectivity index (χ2v) is 3.45. The average Bonchev–Trinajstić information content (AvgIpc) is 2.71. The third-order valence-corrected chi connectivity index (χ3v) is 2.21. The van der Waals surface area contributed by atoms with Crippen LogP contribution in [0.1, 0.15) is 26.5 Å². The van der Waals surface area contributed by atoms with Gasteiger partial charge < -0.3 is 5.11 Å². The summed E-state index contributed by atoms with van der Waals surface area (Å²) in [5.74, 6) is -0.682. The van der Waals surface area contributed by atoms with Crippen LogP contribution in [0.25, 0.3) is 5.82 Å². The molecular formula is C11H9N3O3. The summed E-state index contributed by atoms with van der Waals surface area (Å²) in [7, 11) is 0. The molecule has 6 heteroatoms. The normalized spacial score (nSPS) is 10.2. The van der Waals surface area contributed by atoms with Gasteiger partial charge in [-0.15, -0.1) is 0 Å². The number of hydrogen-bond acceptors (Lipinski definition) is 4. The lowest BCUT2D eigenvalue weighted by atomic mass is 10.3. The maximum absolute atomic E-state index is 10.8. The van der Waals surface area contributed by atoms with Crippen molar-refractivity contribution in [3.05, 3.63) is 41.3 Å². The number of carbonyl (C=O) groups is 2. The summed E-state index contributed by atoms with van der Waals surface area (Å²) in [6.45, 7) is 1.65. The lowest BCUT2D eigenvalue weighted by Gasteiger charge is -1.99. The number of aromatic nitrogens is 3. The number of aromatic carboxylic acids is 1. The molecule has 0 atom stereocenters. The van der Waals surface area contributed by atoms with Crippen LogP contribution in [-0.4, -0.2) is 32.1 Å². The minimum absolute atomic E-state index is 0.0247. The third-order valence-electron chi connectivity index (χ3n) is 2.21. The van der Waals surface area contributed by atoms with Gasteiger partial charge in [-0.25, -0.2) is 14.5 Å². The Labute approximate surface area is 96.5 Å². The predicted molar refractivity (Wildman–Crippen MR) is 58.4 cm³/mol. The monoisotopic (exact) mass is 231 g/mol. The van der Waals surface area contributed by atoms with Crippen molar-refractivity contribution in [3.63, 3.8) is 0 Å². The van der Waals surface area contributed by atoms with Crippen LogP contribution < -0.4 is 0 Å². The highest BCUT2D eigenvalue weighted by molar-refractivity contribution is 5.86. The summed E-state index contributed by atoms with van der Waals surface area (Å²) < 4.78 is 1.34. The zero-order valence-electron chi connectivity index (χ0n) is 8.99. The zero-order chi connectivity index (χ0) is 12.4. The maximum Gasteiger partial charge on any atom is 0.356 e. The Kier molecular flexibility index (Phi) is 2.70. The first-order valence-electron chi connectivity index (χ1n) is 4.84. The maximum atomic E-state index is 10.8. The molecule has 0 bridgehead atoms. The van der Waals surface area contributed by atoms with Gasteiger partial charge in [0.1, 0.15) is 5.69 Å². The van der Waals surface area contributed by atoms with E-state index >= 15 is 0 Å². The number of carbonyl (C=O) groups excluding carboxylic acids is 1. The van der Waals surface area contributed by atoms with Crippen molar-refractivity contribution in [1.29, 1.82) is 0 Å². The van der Waals surface area contributed by atoms with Gasteiger partial charge in [0.15, 0.2) is 17.8 Å². The van der Waals surface area contributed by atoms with Crippen molar-refractivity contribution >= 4 is 12.3 Å². The van der Waals surface area contributed by atoms with Crippen molar-refractivity contribution in [3.8, 4) is 5.82 Å². The average molecular weight is 231 g/mol. The van der Waals surface area contributed by atoms with E-state index in [-0.39, 0.29) is 11.4 Å². The number of rotatable bonds is 3. The third kappa shape index (κ3) is 2.05. The topological polar surface area (TPSA) is 85.1 Å². The van der Waals surface area contributed by atoms with Gasteiger partial charge in [0.05, 0.1) is 0 Å². The van der Waals surface area contributed by atoms with Gasteiger partial charge in [-0.05, 0) is 19.1 Å². The van der Waals surface area contributed by atoms with E-state index in [4.69, 9.17) is 5.11 Å². The van der Waals surface area contributed by atoms with Crippen LogP contribution in [0.15, 0.2) is 24.4 Å². The second kappa shape index (κ2) is 4.17. The standard InChI is InChI=1S/C11H9N3O3/c1-7-5-14(13-10(7)11(16)17)9-4-2-3-8(6-15)12-9/h2-6H,1H3,(H,16,17). The van der Waals surface area contributed by atoms with Gasteiger partial charge in [0, 0.05) is 11.8 Å². The number of aryl methyl sites for hydroxylation is 1. The Morgan fingerprint density at radius 3 is 2.82 bits per heavy atom. The first-order chi connectivity index (χ1) is 8.11. The van der Waals surface area contributed by atoms with Crippen LogP contribution in [0.3, 0.4) is 0 Å². The first kappa shape index (κ1) is 11.0. The Morgan fingerprint density at radius 2 is 2.24 bits per heavy atom. The molecule has 1 N–H and O–H groups in total. The van der Waals surface area contributed by atoms with Crippen LogP contribution in [0.4, 0.5) is 0 Å². The molecule has 17 heavy (non-hydrogen) atoms. The number of carboxylic acid groups (broad SMARTS) is 1. The minimum Gasteiger partial charge on any atom is -0.476 e. The number of pyridine rings is 1. The summed E-state index contributed by atoms with van der Waals surface area (Å²) in [6.07, 6.45) is 2.18. The first-order valence-corrected chi connectivity index (χ1v) is 4.84. The van der Waals surface area contributed by atoms with E-state index in [0.717, 1.165) is 0 Å². The molecule has 0 aromatic carbocycles. The predicted octanol–water partition coefficient (Wildman–Crippen LogP) is 1.09. The van der Waals surface area contributed by atoms with Crippen LogP contribution in [-0.2, 0) is 0 Å². The molecule has 0 aliphatic heterocycles. The van der Waals surface area contributed by atoms with E-state index in [1.54, 1.807) is 31.3 Å². The van der Waals surface area contributed by atoms with Gasteiger partial charge in [-0.3, -0.25) is 4.79 Å². The van der Waals surface area contributed by atoms with Crippen molar-refractivity contribution in [2.45, 2.75) is 6.92 Å². The Hall–Kier alpha value is -2.50. The molecule has 86 valence electrons. The molecule has 2 heterocycles. The molecule has 0 saturated heterocycles. The summed E-state index contributed by atoms with van der Waals surface area (Å²) in [6, 6.07) is 4.86. The van der Waals surface area contributed by atoms with E-state index in [1.807, 2.05) is 0 Å². The number of carboxylic acids is 1. The molecular weight excluding hydrogens is 222 g/mol. The molecule has 2 aromatic heterocycles. The van der Waals surface area contributed by atoms with Crippen LogP contribution in [0.5, 0.6) is 0 Å². The van der Waals surface area contributed by atoms with Crippen molar-refractivity contribution in [2.75, 3.05) is 0 Å². The van der Waals surface area contributed by atoms with Crippen LogP contribution in [0, 0.1) is 6.92 Å². The molecule has 0 amide bonds. The molecule has 0 spiro atoms. The molecule has 2 aromatic rings. The van der Waals surface area contributed by atoms with Crippen molar-refractivity contribution in [1.82, 2.24) is 14.8 Å². The van der Waals surface area contributed by atoms with Crippen LogP contribution in [0.2, 0.25) is 0 Å². The van der Waals surface area contributed by atoms with E-state index in [1.165, 1.54) is 4.68 Å². The molecule has 0 unspecified atom stereocenters. The number of aldehydes is 1. The van der Waals surface area contributed by atoms with E-state index < -0.39 is 5.97 Å². The Balaban J connectivity index is 2.49. The summed E-state index contributed by atoms with van der Waals surface area (Å²) in [4.78, 5) is 25.4. The minimum atomic E-state index is -1.09. The summed E-state index contributed by atoms with van der Waals surface area (Å²) in [5, 5.41) is 12.8. The van der Waals surface area contributed by atoms with Crippen molar-refractivity contribution in [2.24, 2.45) is 0 Å². The number of nitrogens with zero attached hydrogens (tertiary/aromatic N) is 3. The molecule has 0 fully saturated rings. The molecule has 0 aliphatic rings.